The van der Waals surface area contributed by atoms with Crippen LogP contribution in [0, 0.1) is 0 Å². The number of nitrogen functional groups attached to an aromatic ring is 1. The molecular formula is C16H15ClN6O. The van der Waals surface area contributed by atoms with E-state index in [1.165, 1.54) is 0 Å². The molecule has 2 aromatic heterocycles. The van der Waals surface area contributed by atoms with Crippen LogP contribution in [0.2, 0.25) is 0 Å². The van der Waals surface area contributed by atoms with E-state index in [1.54, 1.807) is 0 Å². The zero-order chi connectivity index (χ0) is 16.5. The number of anilines is 2. The van der Waals surface area contributed by atoms with E-state index in [0.717, 1.165) is 28.5 Å². The number of fused-ring (bicyclic) bond motifs is 1. The van der Waals surface area contributed by atoms with Crippen molar-refractivity contribution < 1.29 is 4.42 Å². The van der Waals surface area contributed by atoms with Gasteiger partial charge >= 0.3 is 6.01 Å². The number of aromatic nitrogens is 4. The van der Waals surface area contributed by atoms with Crippen LogP contribution in [0.25, 0.3) is 22.4 Å². The number of benzene rings is 1. The maximum atomic E-state index is 6.10. The molecule has 122 valence electrons. The predicted octanol–water partition coefficient (Wildman–Crippen LogP) is 3.10. The normalized spacial score (nSPS) is 17.2. The van der Waals surface area contributed by atoms with Crippen LogP contribution in [-0.4, -0.2) is 32.3 Å². The number of hydrogen-bond donors (Lipinski definition) is 3. The molecule has 0 amide bonds. The monoisotopic (exact) mass is 342 g/mol. The zero-order valence-electron chi connectivity index (χ0n) is 12.7. The summed E-state index contributed by atoms with van der Waals surface area (Å²) in [7, 11) is 0. The Labute approximate surface area is 142 Å². The summed E-state index contributed by atoms with van der Waals surface area (Å²) in [5.74, 6) is 0.861. The van der Waals surface area contributed by atoms with Crippen molar-refractivity contribution in [2.45, 2.75) is 11.8 Å². The smallest absolute Gasteiger partial charge is 0.316 e. The highest BCUT2D eigenvalue weighted by molar-refractivity contribution is 6.22. The van der Waals surface area contributed by atoms with Crippen molar-refractivity contribution in [1.82, 2.24) is 20.4 Å². The SMILES string of the molecule is Nc1n[nH]c2ccc(-c3nnc(NCC4=CC(Cl)CC=C4)o3)cc12. The Balaban J connectivity index is 1.51. The number of rotatable bonds is 4. The second kappa shape index (κ2) is 6.01. The minimum atomic E-state index is 0.0391. The molecule has 3 aromatic rings. The van der Waals surface area contributed by atoms with E-state index in [9.17, 15) is 0 Å². The topological polar surface area (TPSA) is 106 Å². The van der Waals surface area contributed by atoms with E-state index in [-0.39, 0.29) is 5.38 Å². The quantitative estimate of drug-likeness (QED) is 0.629. The molecule has 0 radical (unpaired) electrons. The fraction of sp³-hybridized carbons (Fsp3) is 0.188. The van der Waals surface area contributed by atoms with E-state index in [4.69, 9.17) is 21.8 Å². The Kier molecular flexibility index (Phi) is 3.70. The molecule has 0 saturated heterocycles. The van der Waals surface area contributed by atoms with Gasteiger partial charge in [0, 0.05) is 17.5 Å². The summed E-state index contributed by atoms with van der Waals surface area (Å²) in [6.07, 6.45) is 6.97. The van der Waals surface area contributed by atoms with Gasteiger partial charge in [-0.05, 0) is 30.2 Å². The lowest BCUT2D eigenvalue weighted by molar-refractivity contribution is 0.583. The van der Waals surface area contributed by atoms with Crippen LogP contribution in [0.1, 0.15) is 6.42 Å². The number of halogens is 1. The van der Waals surface area contributed by atoms with Crippen molar-refractivity contribution >= 4 is 34.3 Å². The molecule has 1 atom stereocenters. The van der Waals surface area contributed by atoms with E-state index < -0.39 is 0 Å². The van der Waals surface area contributed by atoms with Crippen molar-refractivity contribution in [3.05, 3.63) is 42.0 Å². The predicted molar refractivity (Wildman–Crippen MR) is 93.8 cm³/mol. The van der Waals surface area contributed by atoms with Crippen molar-refractivity contribution in [3.63, 3.8) is 0 Å². The van der Waals surface area contributed by atoms with Gasteiger partial charge in [-0.2, -0.15) is 5.10 Å². The lowest BCUT2D eigenvalue weighted by Crippen LogP contribution is -2.08. The van der Waals surface area contributed by atoms with Crippen molar-refractivity contribution in [3.8, 4) is 11.5 Å². The van der Waals surface area contributed by atoms with E-state index >= 15 is 0 Å². The van der Waals surface area contributed by atoms with Gasteiger partial charge in [0.15, 0.2) is 5.82 Å². The van der Waals surface area contributed by atoms with Crippen LogP contribution in [-0.2, 0) is 0 Å². The highest BCUT2D eigenvalue weighted by Gasteiger charge is 2.12. The van der Waals surface area contributed by atoms with Crippen molar-refractivity contribution in [1.29, 1.82) is 0 Å². The molecule has 0 spiro atoms. The third-order valence-electron chi connectivity index (χ3n) is 3.80. The molecule has 0 bridgehead atoms. The maximum absolute atomic E-state index is 6.10. The number of hydrogen-bond acceptors (Lipinski definition) is 6. The third kappa shape index (κ3) is 2.85. The van der Waals surface area contributed by atoms with Crippen LogP contribution in [0.15, 0.2) is 46.4 Å². The summed E-state index contributed by atoms with van der Waals surface area (Å²) in [5, 5.41) is 18.9. The van der Waals surface area contributed by atoms with Gasteiger partial charge in [0.1, 0.15) is 0 Å². The van der Waals surface area contributed by atoms with Gasteiger partial charge in [-0.3, -0.25) is 5.10 Å². The third-order valence-corrected chi connectivity index (χ3v) is 4.10. The first-order valence-electron chi connectivity index (χ1n) is 7.52. The Morgan fingerprint density at radius 1 is 1.38 bits per heavy atom. The van der Waals surface area contributed by atoms with E-state index in [1.807, 2.05) is 30.4 Å². The van der Waals surface area contributed by atoms with E-state index in [2.05, 4.69) is 31.8 Å². The summed E-state index contributed by atoms with van der Waals surface area (Å²) in [6, 6.07) is 5.98. The molecule has 0 aliphatic heterocycles. The number of alkyl halides is 1. The largest absolute Gasteiger partial charge is 0.403 e. The van der Waals surface area contributed by atoms with Crippen LogP contribution < -0.4 is 11.1 Å². The number of nitrogens with two attached hydrogens (primary N) is 1. The molecule has 7 nitrogen and oxygen atoms in total. The molecular weight excluding hydrogens is 328 g/mol. The number of allylic oxidation sites excluding steroid dienone is 2. The lowest BCUT2D eigenvalue weighted by Gasteiger charge is -2.10. The Bertz CT molecular complexity index is 941. The minimum absolute atomic E-state index is 0.0391. The average Bonchev–Trinajstić information content (AvgIpc) is 3.20. The molecule has 1 unspecified atom stereocenters. The Morgan fingerprint density at radius 2 is 2.29 bits per heavy atom. The minimum Gasteiger partial charge on any atom is -0.403 e. The highest BCUT2D eigenvalue weighted by atomic mass is 35.5. The molecule has 1 aliphatic carbocycles. The molecule has 0 fully saturated rings. The molecule has 1 aliphatic rings. The van der Waals surface area contributed by atoms with Gasteiger partial charge in [-0.25, -0.2) is 0 Å². The zero-order valence-corrected chi connectivity index (χ0v) is 13.4. The second-order valence-corrected chi connectivity index (χ2v) is 6.09. The molecule has 4 N–H and O–H groups in total. The Hall–Kier alpha value is -2.80. The fourth-order valence-corrected chi connectivity index (χ4v) is 2.84. The van der Waals surface area contributed by atoms with E-state index in [0.29, 0.717) is 24.3 Å². The van der Waals surface area contributed by atoms with Gasteiger partial charge < -0.3 is 15.5 Å². The molecule has 8 heteroatoms. The number of H-pyrrole nitrogens is 1. The van der Waals surface area contributed by atoms with Crippen LogP contribution in [0.3, 0.4) is 0 Å². The van der Waals surface area contributed by atoms with Crippen molar-refractivity contribution in [2.24, 2.45) is 0 Å². The first-order chi connectivity index (χ1) is 11.7. The van der Waals surface area contributed by atoms with Gasteiger partial charge in [0.25, 0.3) is 0 Å². The van der Waals surface area contributed by atoms with Crippen LogP contribution in [0.4, 0.5) is 11.8 Å². The molecule has 24 heavy (non-hydrogen) atoms. The fourth-order valence-electron chi connectivity index (χ4n) is 2.58. The molecule has 1 aromatic carbocycles. The summed E-state index contributed by atoms with van der Waals surface area (Å²) in [5.41, 5.74) is 8.56. The van der Waals surface area contributed by atoms with Gasteiger partial charge in [0.2, 0.25) is 5.89 Å². The number of nitrogens with zero attached hydrogens (tertiary/aromatic N) is 3. The summed E-state index contributed by atoms with van der Waals surface area (Å²) >= 11 is 6.10. The van der Waals surface area contributed by atoms with Crippen molar-refractivity contribution in [2.75, 3.05) is 17.6 Å². The molecule has 2 heterocycles. The Morgan fingerprint density at radius 3 is 3.17 bits per heavy atom. The lowest BCUT2D eigenvalue weighted by atomic mass is 10.1. The van der Waals surface area contributed by atoms with Gasteiger partial charge in [-0.15, -0.1) is 16.7 Å². The summed E-state index contributed by atoms with van der Waals surface area (Å²) in [4.78, 5) is 0. The average molecular weight is 343 g/mol. The maximum Gasteiger partial charge on any atom is 0.316 e. The number of nitrogens with one attached hydrogen (secondary N) is 2. The van der Waals surface area contributed by atoms with Crippen LogP contribution in [0.5, 0.6) is 0 Å². The first-order valence-corrected chi connectivity index (χ1v) is 7.95. The van der Waals surface area contributed by atoms with Gasteiger partial charge in [0.05, 0.1) is 10.9 Å². The van der Waals surface area contributed by atoms with Gasteiger partial charge in [-0.1, -0.05) is 23.3 Å². The second-order valence-electron chi connectivity index (χ2n) is 5.53. The van der Waals surface area contributed by atoms with Crippen LogP contribution >= 0.6 is 11.6 Å². The highest BCUT2D eigenvalue weighted by Crippen LogP contribution is 2.26. The summed E-state index contributed by atoms with van der Waals surface area (Å²) < 4.78 is 5.66. The molecule has 0 saturated carbocycles. The molecule has 4 rings (SSSR count). The standard InChI is InChI=1S/C16H15ClN6O/c17-11-3-1-2-9(6-11)8-19-16-23-22-15(24-16)10-4-5-13-12(7-10)14(18)21-20-13/h1-2,4-7,11H,3,8H2,(H,19,23)(H3,18,20,21). The number of aromatic amines is 1. The first kappa shape index (κ1) is 14.8. The summed E-state index contributed by atoms with van der Waals surface area (Å²) in [6.45, 7) is 0.578.